The molecule has 0 saturated heterocycles. The maximum absolute atomic E-state index is 13.2. The lowest BCUT2D eigenvalue weighted by atomic mass is 10.1. The van der Waals surface area contributed by atoms with Gasteiger partial charge in [0.1, 0.15) is 0 Å². The predicted octanol–water partition coefficient (Wildman–Crippen LogP) is 1.78. The van der Waals surface area contributed by atoms with Gasteiger partial charge >= 0.3 is 6.03 Å². The zero-order valence-corrected chi connectivity index (χ0v) is 13.4. The van der Waals surface area contributed by atoms with Gasteiger partial charge in [-0.05, 0) is 51.7 Å². The van der Waals surface area contributed by atoms with E-state index in [-0.39, 0.29) is 11.6 Å². The highest BCUT2D eigenvalue weighted by molar-refractivity contribution is 5.74. The number of hydrogen-bond acceptors (Lipinski definition) is 3. The number of nitrogens with zero attached hydrogens (tertiary/aromatic N) is 1. The van der Waals surface area contributed by atoms with E-state index in [9.17, 15) is 23.1 Å². The van der Waals surface area contributed by atoms with Crippen LogP contribution < -0.4 is 10.6 Å². The number of nitrogens with one attached hydrogen (secondary N) is 2. The molecule has 2 atom stereocenters. The third-order valence-electron chi connectivity index (χ3n) is 3.28. The second-order valence-corrected chi connectivity index (χ2v) is 5.64. The van der Waals surface area contributed by atoms with Crippen LogP contribution in [0.5, 0.6) is 0 Å². The average molecular weight is 333 g/mol. The minimum absolute atomic E-state index is 0.0556. The maximum Gasteiger partial charge on any atom is 0.315 e. The van der Waals surface area contributed by atoms with Crippen LogP contribution in [-0.4, -0.2) is 49.3 Å². The normalized spacial score (nSPS) is 13.7. The number of aliphatic hydroxyl groups excluding tert-OH is 1. The van der Waals surface area contributed by atoms with Gasteiger partial charge in [0, 0.05) is 6.04 Å². The van der Waals surface area contributed by atoms with Crippen LogP contribution in [0, 0.1) is 17.5 Å². The fraction of sp³-hybridized carbons (Fsp3) is 0.533. The molecule has 1 rings (SSSR count). The van der Waals surface area contributed by atoms with Crippen molar-refractivity contribution >= 4 is 6.03 Å². The van der Waals surface area contributed by atoms with E-state index in [0.717, 1.165) is 18.7 Å². The molecule has 0 spiro atoms. The first-order chi connectivity index (χ1) is 10.7. The van der Waals surface area contributed by atoms with Gasteiger partial charge in [0.15, 0.2) is 17.5 Å². The molecule has 0 bridgehead atoms. The van der Waals surface area contributed by atoms with Crippen LogP contribution in [0.3, 0.4) is 0 Å². The van der Waals surface area contributed by atoms with Gasteiger partial charge in [-0.1, -0.05) is 0 Å². The molecule has 0 heterocycles. The van der Waals surface area contributed by atoms with Gasteiger partial charge in [-0.3, -0.25) is 0 Å². The molecule has 0 saturated carbocycles. The number of rotatable bonds is 7. The van der Waals surface area contributed by atoms with Crippen LogP contribution in [0.1, 0.15) is 24.9 Å². The molecule has 0 aromatic heterocycles. The molecule has 2 unspecified atom stereocenters. The molecule has 1 aromatic rings. The number of halogens is 3. The van der Waals surface area contributed by atoms with Crippen molar-refractivity contribution in [2.45, 2.75) is 25.4 Å². The topological polar surface area (TPSA) is 64.6 Å². The Bertz CT molecular complexity index is 518. The van der Waals surface area contributed by atoms with Crippen LogP contribution >= 0.6 is 0 Å². The molecular formula is C15H22F3N3O2. The van der Waals surface area contributed by atoms with E-state index in [1.807, 2.05) is 25.9 Å². The summed E-state index contributed by atoms with van der Waals surface area (Å²) in [6.45, 7) is 2.01. The first-order valence-corrected chi connectivity index (χ1v) is 7.21. The highest BCUT2D eigenvalue weighted by Gasteiger charge is 2.19. The van der Waals surface area contributed by atoms with E-state index >= 15 is 0 Å². The number of benzene rings is 1. The lowest BCUT2D eigenvalue weighted by Crippen LogP contribution is -2.44. The number of carbonyl (C=O) groups is 1. The van der Waals surface area contributed by atoms with Gasteiger partial charge in [0.05, 0.1) is 12.6 Å². The molecular weight excluding hydrogens is 311 g/mol. The van der Waals surface area contributed by atoms with Gasteiger partial charge in [0.25, 0.3) is 0 Å². The minimum atomic E-state index is -1.59. The fourth-order valence-corrected chi connectivity index (χ4v) is 1.96. The summed E-state index contributed by atoms with van der Waals surface area (Å²) in [5.41, 5.74) is -0.0556. The molecule has 3 N–H and O–H groups in total. The summed E-state index contributed by atoms with van der Waals surface area (Å²) < 4.78 is 39.4. The largest absolute Gasteiger partial charge is 0.394 e. The molecule has 0 aliphatic rings. The Hall–Kier alpha value is -1.80. The molecule has 0 radical (unpaired) electrons. The minimum Gasteiger partial charge on any atom is -0.394 e. The van der Waals surface area contributed by atoms with Crippen LogP contribution in [0.2, 0.25) is 0 Å². The molecule has 130 valence electrons. The van der Waals surface area contributed by atoms with E-state index in [4.69, 9.17) is 0 Å². The molecule has 2 amide bonds. The highest BCUT2D eigenvalue weighted by Crippen LogP contribution is 2.19. The van der Waals surface area contributed by atoms with E-state index in [2.05, 4.69) is 10.6 Å². The quantitative estimate of drug-likeness (QED) is 0.667. The Morgan fingerprint density at radius 1 is 1.22 bits per heavy atom. The molecule has 23 heavy (non-hydrogen) atoms. The fourth-order valence-electron chi connectivity index (χ4n) is 1.96. The zero-order valence-electron chi connectivity index (χ0n) is 13.4. The highest BCUT2D eigenvalue weighted by atomic mass is 19.2. The van der Waals surface area contributed by atoms with Gasteiger partial charge in [0.2, 0.25) is 0 Å². The molecule has 0 aliphatic carbocycles. The Morgan fingerprint density at radius 3 is 2.26 bits per heavy atom. The van der Waals surface area contributed by atoms with Crippen LogP contribution in [0.25, 0.3) is 0 Å². The molecule has 0 fully saturated rings. The van der Waals surface area contributed by atoms with Crippen LogP contribution in [-0.2, 0) is 0 Å². The Balaban J connectivity index is 2.67. The molecule has 8 heteroatoms. The third-order valence-corrected chi connectivity index (χ3v) is 3.28. The first-order valence-electron chi connectivity index (χ1n) is 7.21. The standard InChI is InChI=1S/C15H22F3N3O2/c1-9(4-5-21(2)3)19-15(23)20-13(8-22)10-6-11(16)14(18)12(17)7-10/h6-7,9,13,22H,4-5,8H2,1-3H3,(H2,19,20,23). The SMILES string of the molecule is CC(CCN(C)C)NC(=O)NC(CO)c1cc(F)c(F)c(F)c1. The monoisotopic (exact) mass is 333 g/mol. The van der Waals surface area contributed by atoms with Crippen molar-refractivity contribution in [1.29, 1.82) is 0 Å². The summed E-state index contributed by atoms with van der Waals surface area (Å²) >= 11 is 0. The summed E-state index contributed by atoms with van der Waals surface area (Å²) in [7, 11) is 3.82. The van der Waals surface area contributed by atoms with Crippen molar-refractivity contribution in [2.75, 3.05) is 27.2 Å². The summed E-state index contributed by atoms with van der Waals surface area (Å²) in [5, 5.41) is 14.4. The van der Waals surface area contributed by atoms with E-state index < -0.39 is 36.1 Å². The van der Waals surface area contributed by atoms with Crippen molar-refractivity contribution in [3.8, 4) is 0 Å². The number of urea groups is 1. The second kappa shape index (κ2) is 8.73. The summed E-state index contributed by atoms with van der Waals surface area (Å²) in [6, 6.07) is -0.260. The Morgan fingerprint density at radius 2 is 1.78 bits per heavy atom. The van der Waals surface area contributed by atoms with Crippen molar-refractivity contribution in [1.82, 2.24) is 15.5 Å². The van der Waals surface area contributed by atoms with Gasteiger partial charge in [-0.15, -0.1) is 0 Å². The number of aliphatic hydroxyl groups is 1. The van der Waals surface area contributed by atoms with Crippen molar-refractivity contribution in [3.05, 3.63) is 35.1 Å². The maximum atomic E-state index is 13.2. The van der Waals surface area contributed by atoms with Crippen molar-refractivity contribution in [2.24, 2.45) is 0 Å². The lowest BCUT2D eigenvalue weighted by molar-refractivity contribution is 0.213. The van der Waals surface area contributed by atoms with Gasteiger partial charge in [-0.2, -0.15) is 0 Å². The Kier molecular flexibility index (Phi) is 7.31. The predicted molar refractivity (Wildman–Crippen MR) is 80.4 cm³/mol. The zero-order chi connectivity index (χ0) is 17.6. The summed E-state index contributed by atoms with van der Waals surface area (Å²) in [5.74, 6) is -4.34. The smallest absolute Gasteiger partial charge is 0.315 e. The summed E-state index contributed by atoms with van der Waals surface area (Å²) in [6.07, 6.45) is 0.712. The van der Waals surface area contributed by atoms with Crippen LogP contribution in [0.15, 0.2) is 12.1 Å². The van der Waals surface area contributed by atoms with E-state index in [1.54, 1.807) is 0 Å². The summed E-state index contributed by atoms with van der Waals surface area (Å²) in [4.78, 5) is 13.8. The average Bonchev–Trinajstić information content (AvgIpc) is 2.47. The molecule has 1 aromatic carbocycles. The van der Waals surface area contributed by atoms with Crippen LogP contribution in [0.4, 0.5) is 18.0 Å². The van der Waals surface area contributed by atoms with E-state index in [1.165, 1.54) is 0 Å². The molecule has 0 aliphatic heterocycles. The third kappa shape index (κ3) is 6.07. The van der Waals surface area contributed by atoms with Gasteiger partial charge < -0.3 is 20.6 Å². The number of hydrogen-bond donors (Lipinski definition) is 3. The van der Waals surface area contributed by atoms with Crippen molar-refractivity contribution in [3.63, 3.8) is 0 Å². The van der Waals surface area contributed by atoms with Gasteiger partial charge in [-0.25, -0.2) is 18.0 Å². The number of amides is 2. The van der Waals surface area contributed by atoms with E-state index in [0.29, 0.717) is 6.42 Å². The second-order valence-electron chi connectivity index (χ2n) is 5.64. The first kappa shape index (κ1) is 19.2. The molecule has 5 nitrogen and oxygen atoms in total. The lowest BCUT2D eigenvalue weighted by Gasteiger charge is -2.21. The van der Waals surface area contributed by atoms with Crippen molar-refractivity contribution < 1.29 is 23.1 Å². The number of carbonyl (C=O) groups excluding carboxylic acids is 1. The Labute approximate surface area is 133 Å².